The lowest BCUT2D eigenvalue weighted by Gasteiger charge is -2.03. The van der Waals surface area contributed by atoms with Crippen molar-refractivity contribution in [3.63, 3.8) is 0 Å². The average Bonchev–Trinajstić information content (AvgIpc) is 2.26. The maximum absolute atomic E-state index is 11.4. The number of methoxy groups -OCH3 is 1. The molecule has 0 saturated heterocycles. The number of nitro groups is 1. The molecular formula is C8H9NO6S. The largest absolute Gasteiger partial charge is 0.357 e. The summed E-state index contributed by atoms with van der Waals surface area (Å²) in [4.78, 5) is 9.56. The minimum atomic E-state index is -3.91. The number of nitro benzene ring substituents is 1. The second-order valence-corrected chi connectivity index (χ2v) is 4.34. The van der Waals surface area contributed by atoms with Crippen LogP contribution in [0.5, 0.6) is 0 Å². The molecule has 0 radical (unpaired) electrons. The fraction of sp³-hybridized carbons (Fsp3) is 0.250. The van der Waals surface area contributed by atoms with E-state index in [0.717, 1.165) is 24.3 Å². The van der Waals surface area contributed by atoms with Crippen molar-refractivity contribution >= 4 is 15.8 Å². The highest BCUT2D eigenvalue weighted by Crippen LogP contribution is 2.17. The van der Waals surface area contributed by atoms with Crippen LogP contribution in [-0.4, -0.2) is 27.2 Å². The van der Waals surface area contributed by atoms with Crippen LogP contribution in [0.25, 0.3) is 0 Å². The van der Waals surface area contributed by atoms with Crippen molar-refractivity contribution < 1.29 is 22.3 Å². The second-order valence-electron chi connectivity index (χ2n) is 2.73. The van der Waals surface area contributed by atoms with Gasteiger partial charge in [-0.1, -0.05) is 0 Å². The zero-order valence-corrected chi connectivity index (χ0v) is 9.14. The molecule has 0 heterocycles. The van der Waals surface area contributed by atoms with Crippen molar-refractivity contribution in [1.82, 2.24) is 0 Å². The van der Waals surface area contributed by atoms with Crippen molar-refractivity contribution in [1.29, 1.82) is 0 Å². The monoisotopic (exact) mass is 247 g/mol. The summed E-state index contributed by atoms with van der Waals surface area (Å²) in [5.41, 5.74) is -0.189. The van der Waals surface area contributed by atoms with Gasteiger partial charge in [-0.2, -0.15) is 8.42 Å². The summed E-state index contributed by atoms with van der Waals surface area (Å²) >= 11 is 0. The van der Waals surface area contributed by atoms with Crippen LogP contribution in [0, 0.1) is 10.1 Å². The predicted octanol–water partition coefficient (Wildman–Crippen LogP) is 0.904. The Bertz CT molecular complexity index is 466. The summed E-state index contributed by atoms with van der Waals surface area (Å²) in [5.74, 6) is 0. The second kappa shape index (κ2) is 5.01. The minimum Gasteiger partial charge on any atom is -0.357 e. The molecule has 1 rings (SSSR count). The summed E-state index contributed by atoms with van der Waals surface area (Å²) in [6, 6.07) is 4.37. The first kappa shape index (κ1) is 12.6. The molecule has 1 aromatic carbocycles. The van der Waals surface area contributed by atoms with Gasteiger partial charge in [0.2, 0.25) is 0 Å². The smallest absolute Gasteiger partial charge is 0.299 e. The molecule has 16 heavy (non-hydrogen) atoms. The maximum atomic E-state index is 11.4. The highest BCUT2D eigenvalue weighted by molar-refractivity contribution is 7.86. The standard InChI is InChI=1S/C8H9NO6S/c1-14-6-15-16(12,13)8-4-2-7(3-5-8)9(10)11/h2-5H,6H2,1H3. The molecule has 1 aromatic rings. The van der Waals surface area contributed by atoms with E-state index in [1.807, 2.05) is 0 Å². The molecule has 0 aliphatic rings. The lowest BCUT2D eigenvalue weighted by atomic mass is 10.3. The molecule has 8 heteroatoms. The summed E-state index contributed by atoms with van der Waals surface area (Å²) in [7, 11) is -2.63. The van der Waals surface area contributed by atoms with Crippen LogP contribution in [0.3, 0.4) is 0 Å². The number of benzene rings is 1. The Morgan fingerprint density at radius 1 is 1.31 bits per heavy atom. The normalized spacial score (nSPS) is 11.3. The van der Waals surface area contributed by atoms with E-state index in [-0.39, 0.29) is 10.6 Å². The Morgan fingerprint density at radius 2 is 1.88 bits per heavy atom. The summed E-state index contributed by atoms with van der Waals surface area (Å²) in [5, 5.41) is 10.3. The first-order valence-electron chi connectivity index (χ1n) is 4.10. The Labute approximate surface area is 91.9 Å². The van der Waals surface area contributed by atoms with Crippen LogP contribution in [0.4, 0.5) is 5.69 Å². The Morgan fingerprint density at radius 3 is 2.31 bits per heavy atom. The Kier molecular flexibility index (Phi) is 3.93. The molecular weight excluding hydrogens is 238 g/mol. The van der Waals surface area contributed by atoms with Gasteiger partial charge in [0.15, 0.2) is 6.79 Å². The van der Waals surface area contributed by atoms with Gasteiger partial charge in [-0.15, -0.1) is 0 Å². The fourth-order valence-corrected chi connectivity index (χ4v) is 1.74. The highest BCUT2D eigenvalue weighted by Gasteiger charge is 2.16. The molecule has 0 aliphatic heterocycles. The first-order valence-corrected chi connectivity index (χ1v) is 5.51. The first-order chi connectivity index (χ1) is 7.47. The summed E-state index contributed by atoms with van der Waals surface area (Å²) in [6.45, 7) is -0.403. The minimum absolute atomic E-state index is 0.157. The molecule has 0 atom stereocenters. The lowest BCUT2D eigenvalue weighted by molar-refractivity contribution is -0.384. The van der Waals surface area contributed by atoms with E-state index < -0.39 is 21.8 Å². The molecule has 0 unspecified atom stereocenters. The van der Waals surface area contributed by atoms with Gasteiger partial charge in [0.05, 0.1) is 9.82 Å². The molecule has 0 bridgehead atoms. The van der Waals surface area contributed by atoms with Crippen molar-refractivity contribution in [2.24, 2.45) is 0 Å². The zero-order chi connectivity index (χ0) is 12.2. The van der Waals surface area contributed by atoms with Crippen LogP contribution in [0.2, 0.25) is 0 Å². The number of hydrogen-bond donors (Lipinski definition) is 0. The molecule has 0 aliphatic carbocycles. The van der Waals surface area contributed by atoms with Crippen LogP contribution in [0.1, 0.15) is 0 Å². The van der Waals surface area contributed by atoms with Gasteiger partial charge in [-0.3, -0.25) is 10.1 Å². The average molecular weight is 247 g/mol. The third kappa shape index (κ3) is 2.99. The van der Waals surface area contributed by atoms with Gasteiger partial charge < -0.3 is 4.74 Å². The molecule has 0 N–H and O–H groups in total. The highest BCUT2D eigenvalue weighted by atomic mass is 32.2. The number of non-ortho nitro benzene ring substituents is 1. The van der Waals surface area contributed by atoms with Crippen LogP contribution in [0.15, 0.2) is 29.2 Å². The van der Waals surface area contributed by atoms with E-state index in [0.29, 0.717) is 0 Å². The third-order valence-corrected chi connectivity index (χ3v) is 2.91. The van der Waals surface area contributed by atoms with Gasteiger partial charge in [0.25, 0.3) is 15.8 Å². The van der Waals surface area contributed by atoms with E-state index in [9.17, 15) is 18.5 Å². The third-order valence-electron chi connectivity index (χ3n) is 1.66. The van der Waals surface area contributed by atoms with E-state index in [2.05, 4.69) is 8.92 Å². The topological polar surface area (TPSA) is 95.7 Å². The quantitative estimate of drug-likeness (QED) is 0.332. The van der Waals surface area contributed by atoms with Gasteiger partial charge in [-0.25, -0.2) is 4.18 Å². The molecule has 0 amide bonds. The van der Waals surface area contributed by atoms with Crippen LogP contribution in [-0.2, 0) is 19.0 Å². The van der Waals surface area contributed by atoms with Crippen molar-refractivity contribution in [2.75, 3.05) is 13.9 Å². The molecule has 0 saturated carbocycles. The molecule has 0 spiro atoms. The van der Waals surface area contributed by atoms with Gasteiger partial charge in [0.1, 0.15) is 0 Å². The summed E-state index contributed by atoms with van der Waals surface area (Å²) in [6.07, 6.45) is 0. The SMILES string of the molecule is COCOS(=O)(=O)c1ccc([N+](=O)[O-])cc1. The number of rotatable bonds is 5. The Balaban J connectivity index is 2.93. The van der Waals surface area contributed by atoms with Crippen molar-refractivity contribution in [3.8, 4) is 0 Å². The molecule has 0 aromatic heterocycles. The van der Waals surface area contributed by atoms with Crippen LogP contribution < -0.4 is 0 Å². The van der Waals surface area contributed by atoms with E-state index in [4.69, 9.17) is 0 Å². The fourth-order valence-electron chi connectivity index (χ4n) is 0.914. The summed E-state index contributed by atoms with van der Waals surface area (Å²) < 4.78 is 31.7. The lowest BCUT2D eigenvalue weighted by Crippen LogP contribution is -2.08. The molecule has 0 fully saturated rings. The van der Waals surface area contributed by atoms with Crippen molar-refractivity contribution in [3.05, 3.63) is 34.4 Å². The zero-order valence-electron chi connectivity index (χ0n) is 8.32. The number of nitrogens with zero attached hydrogens (tertiary/aromatic N) is 1. The Hall–Kier alpha value is -1.51. The van der Waals surface area contributed by atoms with E-state index >= 15 is 0 Å². The predicted molar refractivity (Wildman–Crippen MR) is 53.2 cm³/mol. The number of hydrogen-bond acceptors (Lipinski definition) is 6. The van der Waals surface area contributed by atoms with E-state index in [1.54, 1.807) is 0 Å². The maximum Gasteiger partial charge on any atom is 0.299 e. The van der Waals surface area contributed by atoms with Crippen molar-refractivity contribution in [2.45, 2.75) is 4.90 Å². The number of ether oxygens (including phenoxy) is 1. The van der Waals surface area contributed by atoms with Gasteiger partial charge in [-0.05, 0) is 12.1 Å². The van der Waals surface area contributed by atoms with Crippen LogP contribution >= 0.6 is 0 Å². The van der Waals surface area contributed by atoms with Gasteiger partial charge >= 0.3 is 0 Å². The molecule has 7 nitrogen and oxygen atoms in total. The van der Waals surface area contributed by atoms with Gasteiger partial charge in [0, 0.05) is 19.2 Å². The van der Waals surface area contributed by atoms with E-state index in [1.165, 1.54) is 7.11 Å². The molecule has 88 valence electrons.